The van der Waals surface area contributed by atoms with Crippen LogP contribution in [0.1, 0.15) is 0 Å². The van der Waals surface area contributed by atoms with Crippen molar-refractivity contribution in [2.24, 2.45) is 0 Å². The summed E-state index contributed by atoms with van der Waals surface area (Å²) in [5.74, 6) is 0. The zero-order chi connectivity index (χ0) is 7.33. The summed E-state index contributed by atoms with van der Waals surface area (Å²) in [7, 11) is 5.96. The number of quaternary nitrogens is 1. The number of hydrogen-bond donors (Lipinski definition) is 0. The van der Waals surface area contributed by atoms with Gasteiger partial charge in [0.2, 0.25) is 0 Å². The molecule has 6 heteroatoms. The van der Waals surface area contributed by atoms with Crippen molar-refractivity contribution >= 4 is 58.8 Å². The molecule has 0 aromatic heterocycles. The third-order valence-electron chi connectivity index (χ3n) is 0.906. The van der Waals surface area contributed by atoms with Crippen LogP contribution in [0.25, 0.3) is 0 Å². The van der Waals surface area contributed by atoms with Crippen molar-refractivity contribution in [1.82, 2.24) is 0 Å². The Bertz CT molecular complexity index is 99.0. The molecule has 3 nitrogen and oxygen atoms in total. The molecule has 11 heavy (non-hydrogen) atoms. The minimum atomic E-state index is -0.217. The fourth-order valence-corrected chi connectivity index (χ4v) is 0.508. The molecule has 0 saturated carbocycles. The van der Waals surface area contributed by atoms with Crippen molar-refractivity contribution in [3.8, 4) is 0 Å². The molecule has 0 aromatic carbocycles. The number of nitrogens with zero attached hydrogens (tertiary/aromatic N) is 1. The van der Waals surface area contributed by atoms with E-state index in [1.54, 1.807) is 0 Å². The Morgan fingerprint density at radius 2 is 1.82 bits per heavy atom. The fraction of sp³-hybridized carbons (Fsp3) is 1.00. The van der Waals surface area contributed by atoms with Gasteiger partial charge < -0.3 is 4.48 Å². The Kier molecular flexibility index (Phi) is 16.1. The van der Waals surface area contributed by atoms with Crippen LogP contribution in [0.5, 0.6) is 0 Å². The molecule has 0 aliphatic rings. The molecular formula is C5H16CaClNO2P+. The molecule has 0 fully saturated rings. The van der Waals surface area contributed by atoms with Gasteiger partial charge in [-0.3, -0.25) is 4.52 Å². The van der Waals surface area contributed by atoms with E-state index < -0.39 is 0 Å². The van der Waals surface area contributed by atoms with E-state index in [-0.39, 0.29) is 58.8 Å². The van der Waals surface area contributed by atoms with E-state index in [9.17, 15) is 4.57 Å². The van der Waals surface area contributed by atoms with Crippen LogP contribution in [0.4, 0.5) is 0 Å². The van der Waals surface area contributed by atoms with Crippen molar-refractivity contribution in [1.29, 1.82) is 0 Å². The quantitative estimate of drug-likeness (QED) is 0.302. The van der Waals surface area contributed by atoms with Gasteiger partial charge in [0.05, 0.1) is 21.1 Å². The molecule has 0 amide bonds. The van der Waals surface area contributed by atoms with Crippen molar-refractivity contribution in [3.05, 3.63) is 0 Å². The Morgan fingerprint density at radius 1 is 1.36 bits per heavy atom. The Morgan fingerprint density at radius 3 is 2.09 bits per heavy atom. The average molecular weight is 229 g/mol. The van der Waals surface area contributed by atoms with Crippen molar-refractivity contribution < 1.29 is 13.6 Å². The van der Waals surface area contributed by atoms with Gasteiger partial charge in [-0.2, -0.15) is 0 Å². The summed E-state index contributed by atoms with van der Waals surface area (Å²) in [6.45, 7) is 1.43. The predicted molar refractivity (Wildman–Crippen MR) is 52.2 cm³/mol. The van der Waals surface area contributed by atoms with Crippen LogP contribution in [0.3, 0.4) is 0 Å². The second-order valence-corrected chi connectivity index (χ2v) is 3.33. The zero-order valence-corrected chi connectivity index (χ0v) is 8.24. The summed E-state index contributed by atoms with van der Waals surface area (Å²) in [5, 5.41) is 0. The molecule has 0 aromatic rings. The predicted octanol–water partition coefficient (Wildman–Crippen LogP) is 0.421. The van der Waals surface area contributed by atoms with Crippen LogP contribution in [0.15, 0.2) is 0 Å². The van der Waals surface area contributed by atoms with E-state index in [2.05, 4.69) is 25.7 Å². The Balaban J connectivity index is -0.000000320. The van der Waals surface area contributed by atoms with Crippen LogP contribution in [-0.2, 0) is 9.09 Å². The number of halogens is 1. The number of rotatable bonds is 4. The zero-order valence-electron chi connectivity index (χ0n) is 6.53. The van der Waals surface area contributed by atoms with E-state index in [0.29, 0.717) is 6.61 Å². The molecule has 0 rings (SSSR count). The summed E-state index contributed by atoms with van der Waals surface area (Å²) in [4.78, 5) is 0. The Hall–Kier alpha value is 1.57. The van der Waals surface area contributed by atoms with Crippen LogP contribution in [-0.4, -0.2) is 76.5 Å². The van der Waals surface area contributed by atoms with E-state index in [1.165, 1.54) is 0 Å². The number of hydrogen-bond acceptors (Lipinski definition) is 2. The summed E-state index contributed by atoms with van der Waals surface area (Å²) in [6.07, 6.45) is 0. The van der Waals surface area contributed by atoms with Crippen molar-refractivity contribution in [3.63, 3.8) is 0 Å². The second kappa shape index (κ2) is 9.66. The maximum atomic E-state index is 9.76. The fourth-order valence-electron chi connectivity index (χ4n) is 0.352. The van der Waals surface area contributed by atoms with Gasteiger partial charge in [0.15, 0.2) is 0 Å². The van der Waals surface area contributed by atoms with Crippen LogP contribution in [0, 0.1) is 0 Å². The normalized spacial score (nSPS) is 10.1. The minimum absolute atomic E-state index is 0. The van der Waals surface area contributed by atoms with E-state index in [1.807, 2.05) is 0 Å². The average Bonchev–Trinajstić information content (AvgIpc) is 1.63. The third kappa shape index (κ3) is 18.5. The van der Waals surface area contributed by atoms with Crippen LogP contribution >= 0.6 is 21.1 Å². The molecule has 0 saturated heterocycles. The van der Waals surface area contributed by atoms with E-state index in [4.69, 9.17) is 0 Å². The molecule has 66 valence electrons. The first-order valence-corrected chi connectivity index (χ1v) is 3.54. The molecule has 0 unspecified atom stereocenters. The van der Waals surface area contributed by atoms with Crippen LogP contribution in [0.2, 0.25) is 0 Å². The number of likely N-dealkylation sites (N-methyl/N-ethyl adjacent to an activating group) is 1. The molecule has 0 N–H and O–H groups in total. The monoisotopic (exact) mass is 228 g/mol. The van der Waals surface area contributed by atoms with Gasteiger partial charge in [-0.25, -0.2) is 4.57 Å². The Labute approximate surface area is 106 Å². The maximum absolute atomic E-state index is 9.76. The molecule has 0 bridgehead atoms. The molecule has 0 aliphatic carbocycles. The summed E-state index contributed by atoms with van der Waals surface area (Å²) in [5.41, 5.74) is 0. The summed E-state index contributed by atoms with van der Waals surface area (Å²) in [6, 6.07) is 0. The first kappa shape index (κ1) is 18.4. The third-order valence-corrected chi connectivity index (χ3v) is 1.19. The van der Waals surface area contributed by atoms with E-state index in [0.717, 1.165) is 11.0 Å². The van der Waals surface area contributed by atoms with Gasteiger partial charge in [0, 0.05) is 0 Å². The molecule has 0 heterocycles. The van der Waals surface area contributed by atoms with E-state index >= 15 is 0 Å². The molecule has 0 aliphatic heterocycles. The molecule has 0 atom stereocenters. The summed E-state index contributed by atoms with van der Waals surface area (Å²) >= 11 is 0. The second-order valence-electron chi connectivity index (χ2n) is 2.92. The molecule has 0 radical (unpaired) electrons. The van der Waals surface area contributed by atoms with Gasteiger partial charge in [-0.05, 0) is 0 Å². The van der Waals surface area contributed by atoms with Gasteiger partial charge in [-0.1, -0.05) is 0 Å². The standard InChI is InChI=1S/C5H13NO2P.Ca.ClH.2H/c1-6(2,3)4-5-8-9-7;;;;/h4-5H2,1-3H3;;1H;;/q+1;;;;. The SMILES string of the molecule is C[N+](C)(C)CCOP=O.Cl.[CaH2]. The topological polar surface area (TPSA) is 26.3 Å². The summed E-state index contributed by atoms with van der Waals surface area (Å²) < 4.78 is 15.2. The van der Waals surface area contributed by atoms with Gasteiger partial charge in [0.1, 0.15) is 13.2 Å². The molecule has 0 spiro atoms. The van der Waals surface area contributed by atoms with Gasteiger partial charge in [0.25, 0.3) is 0 Å². The first-order valence-electron chi connectivity index (χ1n) is 2.81. The first-order chi connectivity index (χ1) is 4.06. The molecular weight excluding hydrogens is 213 g/mol. The van der Waals surface area contributed by atoms with Gasteiger partial charge >= 0.3 is 46.4 Å². The van der Waals surface area contributed by atoms with Crippen LogP contribution < -0.4 is 0 Å². The van der Waals surface area contributed by atoms with Crippen molar-refractivity contribution in [2.45, 2.75) is 0 Å². The van der Waals surface area contributed by atoms with Gasteiger partial charge in [-0.15, -0.1) is 12.4 Å². The van der Waals surface area contributed by atoms with Crippen molar-refractivity contribution in [2.75, 3.05) is 34.3 Å².